The third-order valence-corrected chi connectivity index (χ3v) is 8.08. The molecule has 0 aromatic rings. The second-order valence-corrected chi connectivity index (χ2v) is 9.95. The number of hydrogen-bond acceptors (Lipinski definition) is 5. The molecular formula is C24H33N3O5. The summed E-state index contributed by atoms with van der Waals surface area (Å²) in [5, 5.41) is 9.94. The number of hydrogen-bond donors (Lipinski definition) is 1. The molecule has 1 saturated carbocycles. The van der Waals surface area contributed by atoms with Gasteiger partial charge in [0.2, 0.25) is 17.7 Å². The summed E-state index contributed by atoms with van der Waals surface area (Å²) in [7, 11) is 1.73. The third-order valence-electron chi connectivity index (χ3n) is 8.08. The maximum atomic E-state index is 14.1. The topological polar surface area (TPSA) is 90.4 Å². The lowest BCUT2D eigenvalue weighted by Crippen LogP contribution is -2.59. The van der Waals surface area contributed by atoms with Gasteiger partial charge in [-0.15, -0.1) is 0 Å². The Morgan fingerprint density at radius 2 is 1.84 bits per heavy atom. The molecule has 174 valence electrons. The Morgan fingerprint density at radius 1 is 1.09 bits per heavy atom. The predicted molar refractivity (Wildman–Crippen MR) is 116 cm³/mol. The predicted octanol–water partition coefficient (Wildman–Crippen LogP) is 0.707. The zero-order chi connectivity index (χ0) is 22.6. The van der Waals surface area contributed by atoms with E-state index < -0.39 is 35.6 Å². The molecule has 1 aliphatic carbocycles. The number of likely N-dealkylation sites (N-methyl/N-ethyl adjacent to an activating group) is 1. The van der Waals surface area contributed by atoms with Gasteiger partial charge in [-0.2, -0.15) is 0 Å². The number of aliphatic hydroxyl groups excluding tert-OH is 1. The van der Waals surface area contributed by atoms with Gasteiger partial charge >= 0.3 is 0 Å². The average molecular weight is 444 g/mol. The molecule has 4 heterocycles. The molecule has 8 nitrogen and oxygen atoms in total. The molecule has 1 spiro atoms. The minimum Gasteiger partial charge on any atom is -0.394 e. The van der Waals surface area contributed by atoms with E-state index in [9.17, 15) is 19.5 Å². The van der Waals surface area contributed by atoms with E-state index >= 15 is 0 Å². The van der Waals surface area contributed by atoms with Gasteiger partial charge in [0, 0.05) is 26.2 Å². The minimum atomic E-state index is -1.20. The molecule has 5 rings (SSSR count). The van der Waals surface area contributed by atoms with Crippen LogP contribution in [0.15, 0.2) is 24.3 Å². The third kappa shape index (κ3) is 2.99. The summed E-state index contributed by atoms with van der Waals surface area (Å²) in [5.74, 6) is -2.00. The van der Waals surface area contributed by atoms with Crippen molar-refractivity contribution in [3.05, 3.63) is 24.3 Å². The van der Waals surface area contributed by atoms with E-state index in [1.807, 2.05) is 29.2 Å². The van der Waals surface area contributed by atoms with Crippen LogP contribution in [0.5, 0.6) is 0 Å². The van der Waals surface area contributed by atoms with Crippen LogP contribution in [0.1, 0.15) is 39.0 Å². The van der Waals surface area contributed by atoms with Crippen LogP contribution in [0.3, 0.4) is 0 Å². The SMILES string of the molecule is C[C@H](CO)N1C(=O)[C@@H]2[C@H]3C(=O)N(C)CC=C[C@H]3O[C@@]23C=CCN(C2CCCCC2)C(=O)C13. The van der Waals surface area contributed by atoms with Crippen LogP contribution in [-0.4, -0.2) is 94.1 Å². The Morgan fingerprint density at radius 3 is 2.56 bits per heavy atom. The molecule has 5 aliphatic rings. The molecule has 0 aromatic heterocycles. The summed E-state index contributed by atoms with van der Waals surface area (Å²) in [4.78, 5) is 46.2. The molecule has 0 bridgehead atoms. The highest BCUT2D eigenvalue weighted by Crippen LogP contribution is 2.54. The fraction of sp³-hybridized carbons (Fsp3) is 0.708. The quantitative estimate of drug-likeness (QED) is 0.649. The fourth-order valence-corrected chi connectivity index (χ4v) is 6.50. The number of carbonyl (C=O) groups is 3. The van der Waals surface area contributed by atoms with Crippen molar-refractivity contribution < 1.29 is 24.2 Å². The van der Waals surface area contributed by atoms with Crippen molar-refractivity contribution in [1.82, 2.24) is 14.7 Å². The number of fused-ring (bicyclic) bond motifs is 2. The second-order valence-electron chi connectivity index (χ2n) is 9.95. The van der Waals surface area contributed by atoms with Crippen LogP contribution in [-0.2, 0) is 19.1 Å². The van der Waals surface area contributed by atoms with E-state index in [4.69, 9.17) is 4.74 Å². The monoisotopic (exact) mass is 443 g/mol. The zero-order valence-electron chi connectivity index (χ0n) is 18.9. The number of likely N-dealkylation sites (tertiary alicyclic amines) is 1. The average Bonchev–Trinajstić information content (AvgIpc) is 3.13. The minimum absolute atomic E-state index is 0.126. The van der Waals surface area contributed by atoms with Crippen LogP contribution < -0.4 is 0 Å². The van der Waals surface area contributed by atoms with Crippen molar-refractivity contribution in [2.45, 2.75) is 68.9 Å². The van der Waals surface area contributed by atoms with Gasteiger partial charge in [0.25, 0.3) is 0 Å². The Labute approximate surface area is 188 Å². The fourth-order valence-electron chi connectivity index (χ4n) is 6.50. The van der Waals surface area contributed by atoms with Gasteiger partial charge in [-0.05, 0) is 19.8 Å². The highest BCUT2D eigenvalue weighted by Gasteiger charge is 2.72. The summed E-state index contributed by atoms with van der Waals surface area (Å²) in [6, 6.07) is -1.27. The van der Waals surface area contributed by atoms with Crippen molar-refractivity contribution in [2.24, 2.45) is 11.8 Å². The number of nitrogens with zero attached hydrogens (tertiary/aromatic N) is 3. The smallest absolute Gasteiger partial charge is 0.249 e. The summed E-state index contributed by atoms with van der Waals surface area (Å²) < 4.78 is 6.55. The lowest BCUT2D eigenvalue weighted by molar-refractivity contribution is -0.152. The lowest BCUT2D eigenvalue weighted by Gasteiger charge is -2.40. The highest BCUT2D eigenvalue weighted by atomic mass is 16.5. The Bertz CT molecular complexity index is 866. The van der Waals surface area contributed by atoms with Crippen molar-refractivity contribution in [1.29, 1.82) is 0 Å². The van der Waals surface area contributed by atoms with Crippen LogP contribution in [0.2, 0.25) is 0 Å². The second kappa shape index (κ2) is 7.99. The normalized spacial score (nSPS) is 38.5. The van der Waals surface area contributed by atoms with E-state index in [1.54, 1.807) is 18.9 Å². The Balaban J connectivity index is 1.60. The summed E-state index contributed by atoms with van der Waals surface area (Å²) in [6.07, 6.45) is 12.3. The summed E-state index contributed by atoms with van der Waals surface area (Å²) in [5.41, 5.74) is -1.20. The van der Waals surface area contributed by atoms with E-state index in [0.717, 1.165) is 25.7 Å². The highest BCUT2D eigenvalue weighted by molar-refractivity contribution is 6.00. The molecule has 3 amide bonds. The maximum Gasteiger partial charge on any atom is 0.249 e. The molecular weight excluding hydrogens is 410 g/mol. The first-order chi connectivity index (χ1) is 15.4. The number of amides is 3. The molecule has 0 aromatic carbocycles. The summed E-state index contributed by atoms with van der Waals surface area (Å²) >= 11 is 0. The van der Waals surface area contributed by atoms with Gasteiger partial charge in [0.05, 0.1) is 30.6 Å². The van der Waals surface area contributed by atoms with Gasteiger partial charge in [-0.3, -0.25) is 14.4 Å². The van der Waals surface area contributed by atoms with Crippen molar-refractivity contribution in [3.8, 4) is 0 Å². The van der Waals surface area contributed by atoms with Crippen LogP contribution in [0.25, 0.3) is 0 Å². The first kappa shape index (κ1) is 21.6. The first-order valence-electron chi connectivity index (χ1n) is 11.9. The number of carbonyl (C=O) groups excluding carboxylic acids is 3. The van der Waals surface area contributed by atoms with Crippen molar-refractivity contribution in [2.75, 3.05) is 26.7 Å². The van der Waals surface area contributed by atoms with E-state index in [-0.39, 0.29) is 30.4 Å². The molecule has 32 heavy (non-hydrogen) atoms. The number of ether oxygens (including phenoxy) is 1. The summed E-state index contributed by atoms with van der Waals surface area (Å²) in [6.45, 7) is 2.44. The first-order valence-corrected chi connectivity index (χ1v) is 11.9. The number of rotatable bonds is 3. The van der Waals surface area contributed by atoms with Gasteiger partial charge < -0.3 is 24.5 Å². The Kier molecular flexibility index (Phi) is 5.40. The maximum absolute atomic E-state index is 14.1. The molecule has 8 heteroatoms. The molecule has 0 radical (unpaired) electrons. The van der Waals surface area contributed by atoms with Crippen molar-refractivity contribution in [3.63, 3.8) is 0 Å². The van der Waals surface area contributed by atoms with Crippen LogP contribution in [0.4, 0.5) is 0 Å². The Hall–Kier alpha value is -2.19. The largest absolute Gasteiger partial charge is 0.394 e. The number of aliphatic hydroxyl groups is 1. The van der Waals surface area contributed by atoms with Gasteiger partial charge in [0.15, 0.2) is 0 Å². The molecule has 6 atom stereocenters. The van der Waals surface area contributed by atoms with Gasteiger partial charge in [-0.25, -0.2) is 0 Å². The van der Waals surface area contributed by atoms with E-state index in [0.29, 0.717) is 13.1 Å². The molecule has 2 saturated heterocycles. The zero-order valence-corrected chi connectivity index (χ0v) is 18.9. The standard InChI is InChI=1S/C24H33N3O5/c1-15(14-28)27-20-23(31)26(16-8-4-3-5-9-16)13-7-11-24(20)19(22(27)30)18-17(32-24)10-6-12-25(2)21(18)29/h6-7,10-11,15-20,28H,3-5,8-9,12-14H2,1-2H3/t15-,17-,18+,19+,20?,24+/m1/s1. The van der Waals surface area contributed by atoms with Gasteiger partial charge in [-0.1, -0.05) is 43.6 Å². The van der Waals surface area contributed by atoms with Crippen LogP contribution >= 0.6 is 0 Å². The van der Waals surface area contributed by atoms with Crippen LogP contribution in [0, 0.1) is 11.8 Å². The van der Waals surface area contributed by atoms with Crippen molar-refractivity contribution >= 4 is 17.7 Å². The molecule has 3 fully saturated rings. The van der Waals surface area contributed by atoms with E-state index in [2.05, 4.69) is 0 Å². The van der Waals surface area contributed by atoms with E-state index in [1.165, 1.54) is 11.3 Å². The lowest BCUT2D eigenvalue weighted by atomic mass is 9.77. The molecule has 1 unspecified atom stereocenters. The molecule has 4 aliphatic heterocycles. The van der Waals surface area contributed by atoms with Gasteiger partial charge in [0.1, 0.15) is 11.6 Å². The molecule has 1 N–H and O–H groups in total.